The van der Waals surface area contributed by atoms with Crippen LogP contribution in [0.1, 0.15) is 6.92 Å². The van der Waals surface area contributed by atoms with Crippen molar-refractivity contribution in [1.82, 2.24) is 15.0 Å². The fourth-order valence-electron chi connectivity index (χ4n) is 3.46. The number of methoxy groups -OCH3 is 1. The molecule has 2 heterocycles. The van der Waals surface area contributed by atoms with Gasteiger partial charge in [0.2, 0.25) is 17.8 Å². The number of hydrogen-bond donors (Lipinski definition) is 2. The van der Waals surface area contributed by atoms with E-state index in [1.165, 1.54) is 18.9 Å². The van der Waals surface area contributed by atoms with Crippen LogP contribution in [-0.4, -0.2) is 54.1 Å². The zero-order chi connectivity index (χ0) is 21.6. The van der Waals surface area contributed by atoms with E-state index in [0.717, 1.165) is 37.6 Å². The van der Waals surface area contributed by atoms with Crippen molar-refractivity contribution in [3.05, 3.63) is 54.9 Å². The Balaban J connectivity index is 1.39. The topological polar surface area (TPSA) is 95.5 Å². The first kappa shape index (κ1) is 20.4. The zero-order valence-electron chi connectivity index (χ0n) is 17.6. The second kappa shape index (κ2) is 9.29. The lowest BCUT2D eigenvalue weighted by Gasteiger charge is -2.36. The first-order valence-electron chi connectivity index (χ1n) is 10.1. The Hall–Kier alpha value is -3.88. The van der Waals surface area contributed by atoms with Crippen molar-refractivity contribution >= 4 is 34.9 Å². The summed E-state index contributed by atoms with van der Waals surface area (Å²) < 4.78 is 5.23. The predicted octanol–water partition coefficient (Wildman–Crippen LogP) is 2.91. The third kappa shape index (κ3) is 5.19. The Morgan fingerprint density at radius 2 is 1.68 bits per heavy atom. The Kier molecular flexibility index (Phi) is 6.11. The van der Waals surface area contributed by atoms with Gasteiger partial charge in [-0.1, -0.05) is 6.07 Å². The van der Waals surface area contributed by atoms with Crippen LogP contribution in [0.3, 0.4) is 0 Å². The summed E-state index contributed by atoms with van der Waals surface area (Å²) in [6.45, 7) is 4.85. The average Bonchev–Trinajstić information content (AvgIpc) is 2.79. The van der Waals surface area contributed by atoms with Crippen molar-refractivity contribution in [3.63, 3.8) is 0 Å². The van der Waals surface area contributed by atoms with Crippen LogP contribution in [0.25, 0.3) is 0 Å². The number of rotatable bonds is 6. The van der Waals surface area contributed by atoms with Crippen molar-refractivity contribution in [2.75, 3.05) is 53.7 Å². The molecule has 4 rings (SSSR count). The quantitative estimate of drug-likeness (QED) is 0.630. The highest BCUT2D eigenvalue weighted by Crippen LogP contribution is 2.22. The lowest BCUT2D eigenvalue weighted by molar-refractivity contribution is -0.114. The number of anilines is 5. The van der Waals surface area contributed by atoms with Gasteiger partial charge in [0.05, 0.1) is 7.11 Å². The summed E-state index contributed by atoms with van der Waals surface area (Å²) in [4.78, 5) is 28.9. The molecule has 1 aliphatic rings. The second-order valence-electron chi connectivity index (χ2n) is 7.17. The van der Waals surface area contributed by atoms with Crippen LogP contribution in [0.2, 0.25) is 0 Å². The normalized spacial score (nSPS) is 13.6. The van der Waals surface area contributed by atoms with Gasteiger partial charge in [0.1, 0.15) is 12.1 Å². The minimum atomic E-state index is -0.117. The average molecular weight is 419 g/mol. The van der Waals surface area contributed by atoms with Gasteiger partial charge in [0.15, 0.2) is 0 Å². The number of ether oxygens (including phenoxy) is 1. The summed E-state index contributed by atoms with van der Waals surface area (Å²) in [6.07, 6.45) is 1.51. The van der Waals surface area contributed by atoms with E-state index in [0.29, 0.717) is 17.6 Å². The molecule has 0 saturated carbocycles. The second-order valence-corrected chi connectivity index (χ2v) is 7.17. The first-order valence-corrected chi connectivity index (χ1v) is 10.1. The van der Waals surface area contributed by atoms with E-state index in [-0.39, 0.29) is 5.91 Å². The van der Waals surface area contributed by atoms with Gasteiger partial charge in [-0.3, -0.25) is 4.79 Å². The molecule has 0 atom stereocenters. The summed E-state index contributed by atoms with van der Waals surface area (Å²) in [5.41, 5.74) is 2.67. The van der Waals surface area contributed by atoms with Gasteiger partial charge in [-0.05, 0) is 42.5 Å². The SMILES string of the molecule is COc1ccc(N2CCN(c3ncnc(Nc4cccc(NC(C)=O)c4)n3)CC2)cc1. The van der Waals surface area contributed by atoms with Crippen LogP contribution < -0.4 is 25.2 Å². The van der Waals surface area contributed by atoms with Crippen LogP contribution >= 0.6 is 0 Å². The highest BCUT2D eigenvalue weighted by Gasteiger charge is 2.20. The van der Waals surface area contributed by atoms with E-state index in [1.807, 2.05) is 36.4 Å². The molecule has 2 aromatic carbocycles. The van der Waals surface area contributed by atoms with Crippen LogP contribution in [0.15, 0.2) is 54.9 Å². The van der Waals surface area contributed by atoms with E-state index in [9.17, 15) is 4.79 Å². The molecule has 0 aliphatic carbocycles. The molecule has 2 N–H and O–H groups in total. The van der Waals surface area contributed by atoms with E-state index < -0.39 is 0 Å². The minimum absolute atomic E-state index is 0.117. The predicted molar refractivity (Wildman–Crippen MR) is 121 cm³/mol. The van der Waals surface area contributed by atoms with Crippen molar-refractivity contribution in [3.8, 4) is 5.75 Å². The first-order chi connectivity index (χ1) is 15.1. The number of amides is 1. The molecule has 9 heteroatoms. The molecule has 3 aromatic rings. The Morgan fingerprint density at radius 1 is 0.968 bits per heavy atom. The monoisotopic (exact) mass is 419 g/mol. The van der Waals surface area contributed by atoms with Gasteiger partial charge in [0.25, 0.3) is 0 Å². The molecule has 0 unspecified atom stereocenters. The summed E-state index contributed by atoms with van der Waals surface area (Å²) >= 11 is 0. The number of hydrogen-bond acceptors (Lipinski definition) is 8. The molecule has 0 radical (unpaired) electrons. The van der Waals surface area contributed by atoms with Crippen LogP contribution in [0.5, 0.6) is 5.75 Å². The smallest absolute Gasteiger partial charge is 0.231 e. The number of carbonyl (C=O) groups excluding carboxylic acids is 1. The molecule has 31 heavy (non-hydrogen) atoms. The van der Waals surface area contributed by atoms with Crippen LogP contribution in [-0.2, 0) is 4.79 Å². The van der Waals surface area contributed by atoms with Gasteiger partial charge >= 0.3 is 0 Å². The van der Waals surface area contributed by atoms with Gasteiger partial charge < -0.3 is 25.2 Å². The lowest BCUT2D eigenvalue weighted by atomic mass is 10.2. The van der Waals surface area contributed by atoms with Gasteiger partial charge in [-0.15, -0.1) is 0 Å². The maximum Gasteiger partial charge on any atom is 0.231 e. The van der Waals surface area contributed by atoms with Crippen molar-refractivity contribution in [2.24, 2.45) is 0 Å². The molecule has 1 saturated heterocycles. The Labute approximate surface area is 181 Å². The summed E-state index contributed by atoms with van der Waals surface area (Å²) in [5, 5.41) is 5.95. The highest BCUT2D eigenvalue weighted by molar-refractivity contribution is 5.89. The maximum atomic E-state index is 11.3. The van der Waals surface area contributed by atoms with Crippen LogP contribution in [0, 0.1) is 0 Å². The fourth-order valence-corrected chi connectivity index (χ4v) is 3.46. The summed E-state index contributed by atoms with van der Waals surface area (Å²) in [7, 11) is 1.67. The highest BCUT2D eigenvalue weighted by atomic mass is 16.5. The van der Waals surface area contributed by atoms with Crippen molar-refractivity contribution in [2.45, 2.75) is 6.92 Å². The lowest BCUT2D eigenvalue weighted by Crippen LogP contribution is -2.47. The number of nitrogens with one attached hydrogen (secondary N) is 2. The number of carbonyl (C=O) groups is 1. The zero-order valence-corrected chi connectivity index (χ0v) is 17.6. The van der Waals surface area contributed by atoms with E-state index in [1.54, 1.807) is 7.11 Å². The summed E-state index contributed by atoms with van der Waals surface area (Å²) in [6, 6.07) is 15.5. The minimum Gasteiger partial charge on any atom is -0.497 e. The third-order valence-corrected chi connectivity index (χ3v) is 5.00. The molecule has 1 aromatic heterocycles. The molecule has 1 fully saturated rings. The number of piperazine rings is 1. The maximum absolute atomic E-state index is 11.3. The fraction of sp³-hybridized carbons (Fsp3) is 0.273. The molecule has 9 nitrogen and oxygen atoms in total. The Bertz CT molecular complexity index is 1030. The molecular formula is C22H25N7O2. The Morgan fingerprint density at radius 3 is 2.39 bits per heavy atom. The molecule has 1 amide bonds. The van der Waals surface area contributed by atoms with E-state index in [2.05, 4.69) is 47.5 Å². The number of aromatic nitrogens is 3. The van der Waals surface area contributed by atoms with E-state index in [4.69, 9.17) is 4.74 Å². The van der Waals surface area contributed by atoms with Crippen molar-refractivity contribution < 1.29 is 9.53 Å². The standard InChI is InChI=1S/C22H25N7O2/c1-16(30)25-17-4-3-5-18(14-17)26-21-23-15-24-22(27-21)29-12-10-28(11-13-29)19-6-8-20(31-2)9-7-19/h3-9,14-15H,10-13H2,1-2H3,(H,25,30)(H,23,24,26,27). The van der Waals surface area contributed by atoms with Crippen molar-refractivity contribution in [1.29, 1.82) is 0 Å². The molecule has 1 aliphatic heterocycles. The molecule has 160 valence electrons. The molecular weight excluding hydrogens is 394 g/mol. The van der Waals surface area contributed by atoms with Crippen LogP contribution in [0.4, 0.5) is 29.0 Å². The molecule has 0 bridgehead atoms. The number of nitrogens with zero attached hydrogens (tertiary/aromatic N) is 5. The van der Waals surface area contributed by atoms with Gasteiger partial charge in [-0.25, -0.2) is 9.97 Å². The summed E-state index contributed by atoms with van der Waals surface area (Å²) in [5.74, 6) is 1.84. The largest absolute Gasteiger partial charge is 0.497 e. The van der Waals surface area contributed by atoms with Gasteiger partial charge in [-0.2, -0.15) is 4.98 Å². The number of benzene rings is 2. The molecule has 0 spiro atoms. The van der Waals surface area contributed by atoms with Gasteiger partial charge in [0, 0.05) is 50.2 Å². The van der Waals surface area contributed by atoms with E-state index >= 15 is 0 Å². The third-order valence-electron chi connectivity index (χ3n) is 5.00.